The normalized spacial score (nSPS) is 15.7. The first kappa shape index (κ1) is 9.25. The van der Waals surface area contributed by atoms with Crippen LogP contribution in [0.25, 0.3) is 0 Å². The molecule has 0 spiro atoms. The fourth-order valence-electron chi connectivity index (χ4n) is 0.813. The molecule has 0 rings (SSSR count). The van der Waals surface area contributed by atoms with Crippen LogP contribution in [0.1, 0.15) is 33.6 Å². The molecule has 0 heterocycles. The van der Waals surface area contributed by atoms with Gasteiger partial charge in [0.25, 0.3) is 0 Å². The third-order valence-corrected chi connectivity index (χ3v) is 2.37. The van der Waals surface area contributed by atoms with Crippen LogP contribution in [0, 0.1) is 0 Å². The van der Waals surface area contributed by atoms with Crippen LogP contribution >= 0.6 is 11.6 Å². The highest BCUT2D eigenvalue weighted by molar-refractivity contribution is 6.21. The minimum absolute atomic E-state index is 0.146. The van der Waals surface area contributed by atoms with Crippen molar-refractivity contribution < 1.29 is 5.11 Å². The lowest BCUT2D eigenvalue weighted by atomic mass is 9.94. The minimum Gasteiger partial charge on any atom is -0.388 e. The van der Waals surface area contributed by atoms with Crippen molar-refractivity contribution in [2.75, 3.05) is 0 Å². The smallest absolute Gasteiger partial charge is 0.0802 e. The number of hydrogen-bond acceptors (Lipinski definition) is 1. The number of aliphatic hydroxyl groups is 1. The van der Waals surface area contributed by atoms with Crippen LogP contribution in [0.15, 0.2) is 0 Å². The molecule has 56 valence electrons. The number of halogens is 1. The third kappa shape index (κ3) is 2.15. The molecular weight excluding hydrogens is 136 g/mol. The summed E-state index contributed by atoms with van der Waals surface area (Å²) >= 11 is 5.74. The van der Waals surface area contributed by atoms with E-state index in [9.17, 15) is 5.11 Å². The molecule has 2 heteroatoms. The zero-order valence-electron chi connectivity index (χ0n) is 6.32. The van der Waals surface area contributed by atoms with Crippen LogP contribution < -0.4 is 0 Å². The van der Waals surface area contributed by atoms with Crippen molar-refractivity contribution in [2.45, 2.75) is 44.6 Å². The van der Waals surface area contributed by atoms with Crippen LogP contribution in [0.3, 0.4) is 0 Å². The van der Waals surface area contributed by atoms with Crippen molar-refractivity contribution in [1.29, 1.82) is 0 Å². The summed E-state index contributed by atoms with van der Waals surface area (Å²) in [4.78, 5) is 0. The molecule has 0 amide bonds. The second-order valence-electron chi connectivity index (χ2n) is 2.43. The molecule has 1 N–H and O–H groups in total. The molecule has 0 saturated carbocycles. The molecule has 0 aromatic carbocycles. The van der Waals surface area contributed by atoms with Gasteiger partial charge in [-0.1, -0.05) is 13.8 Å². The predicted octanol–water partition coefficient (Wildman–Crippen LogP) is 2.16. The summed E-state index contributed by atoms with van der Waals surface area (Å²) < 4.78 is 0. The number of rotatable bonds is 3. The van der Waals surface area contributed by atoms with Gasteiger partial charge in [0.05, 0.1) is 11.0 Å². The Bertz CT molecular complexity index is 77.0. The highest BCUT2D eigenvalue weighted by atomic mass is 35.5. The summed E-state index contributed by atoms with van der Waals surface area (Å²) in [5.74, 6) is 0. The monoisotopic (exact) mass is 150 g/mol. The van der Waals surface area contributed by atoms with E-state index in [1.54, 1.807) is 0 Å². The molecule has 1 unspecified atom stereocenters. The standard InChI is InChI=1S/C7H15ClO/c1-4-7(9,5-2)6(3)8/h6,9H,4-5H2,1-3H3. The predicted molar refractivity (Wildman–Crippen MR) is 40.8 cm³/mol. The van der Waals surface area contributed by atoms with Crippen molar-refractivity contribution in [2.24, 2.45) is 0 Å². The molecule has 0 aliphatic rings. The van der Waals surface area contributed by atoms with Crippen molar-refractivity contribution in [1.82, 2.24) is 0 Å². The highest BCUT2D eigenvalue weighted by Crippen LogP contribution is 2.23. The van der Waals surface area contributed by atoms with Gasteiger partial charge in [-0.25, -0.2) is 0 Å². The summed E-state index contributed by atoms with van der Waals surface area (Å²) in [6, 6.07) is 0. The molecule has 1 nitrogen and oxygen atoms in total. The van der Waals surface area contributed by atoms with E-state index < -0.39 is 5.60 Å². The van der Waals surface area contributed by atoms with E-state index in [1.807, 2.05) is 20.8 Å². The molecule has 0 fully saturated rings. The maximum atomic E-state index is 9.57. The lowest BCUT2D eigenvalue weighted by Crippen LogP contribution is -2.35. The van der Waals surface area contributed by atoms with E-state index in [2.05, 4.69) is 0 Å². The van der Waals surface area contributed by atoms with Crippen molar-refractivity contribution in [3.05, 3.63) is 0 Å². The van der Waals surface area contributed by atoms with Crippen LogP contribution in [0.5, 0.6) is 0 Å². The first-order valence-electron chi connectivity index (χ1n) is 3.43. The maximum Gasteiger partial charge on any atom is 0.0802 e. The molecule has 0 aromatic heterocycles. The van der Waals surface area contributed by atoms with E-state index in [1.165, 1.54) is 0 Å². The summed E-state index contributed by atoms with van der Waals surface area (Å²) in [5.41, 5.74) is -0.651. The van der Waals surface area contributed by atoms with Crippen LogP contribution in [0.2, 0.25) is 0 Å². The molecule has 0 aliphatic heterocycles. The lowest BCUT2D eigenvalue weighted by Gasteiger charge is -2.27. The SMILES string of the molecule is CCC(O)(CC)C(C)Cl. The second kappa shape index (κ2) is 3.43. The Morgan fingerprint density at radius 3 is 1.78 bits per heavy atom. The maximum absolute atomic E-state index is 9.57. The number of alkyl halides is 1. The molecule has 0 radical (unpaired) electrons. The van der Waals surface area contributed by atoms with Gasteiger partial charge in [0.15, 0.2) is 0 Å². The van der Waals surface area contributed by atoms with Crippen LogP contribution in [-0.2, 0) is 0 Å². The van der Waals surface area contributed by atoms with Crippen LogP contribution in [-0.4, -0.2) is 16.1 Å². The third-order valence-electron chi connectivity index (χ3n) is 1.96. The van der Waals surface area contributed by atoms with E-state index in [0.717, 1.165) is 12.8 Å². The summed E-state index contributed by atoms with van der Waals surface area (Å²) in [6.45, 7) is 5.72. The van der Waals surface area contributed by atoms with E-state index in [4.69, 9.17) is 11.6 Å². The summed E-state index contributed by atoms with van der Waals surface area (Å²) in [6.07, 6.45) is 1.46. The topological polar surface area (TPSA) is 20.2 Å². The van der Waals surface area contributed by atoms with Gasteiger partial charge in [0.2, 0.25) is 0 Å². The largest absolute Gasteiger partial charge is 0.388 e. The summed E-state index contributed by atoms with van der Waals surface area (Å²) in [7, 11) is 0. The Morgan fingerprint density at radius 1 is 1.44 bits per heavy atom. The van der Waals surface area contributed by atoms with Crippen molar-refractivity contribution in [3.63, 3.8) is 0 Å². The average Bonchev–Trinajstić information content (AvgIpc) is 1.86. The van der Waals surface area contributed by atoms with Crippen LogP contribution in [0.4, 0.5) is 0 Å². The molecule has 9 heavy (non-hydrogen) atoms. The second-order valence-corrected chi connectivity index (χ2v) is 3.08. The van der Waals surface area contributed by atoms with Gasteiger partial charge in [-0.3, -0.25) is 0 Å². The van der Waals surface area contributed by atoms with Gasteiger partial charge < -0.3 is 5.11 Å². The number of hydrogen-bond donors (Lipinski definition) is 1. The first-order valence-corrected chi connectivity index (χ1v) is 3.87. The fourth-order valence-corrected chi connectivity index (χ4v) is 1.12. The Labute approximate surface area is 62.0 Å². The average molecular weight is 151 g/mol. The highest BCUT2D eigenvalue weighted by Gasteiger charge is 2.27. The molecule has 0 saturated heterocycles. The van der Waals surface area contributed by atoms with Gasteiger partial charge >= 0.3 is 0 Å². The van der Waals surface area contributed by atoms with Gasteiger partial charge in [0, 0.05) is 0 Å². The summed E-state index contributed by atoms with van der Waals surface area (Å²) in [5, 5.41) is 9.43. The molecule has 0 aliphatic carbocycles. The molecule has 0 bridgehead atoms. The Morgan fingerprint density at radius 2 is 1.78 bits per heavy atom. The van der Waals surface area contributed by atoms with Gasteiger partial charge in [-0.2, -0.15) is 0 Å². The fraction of sp³-hybridized carbons (Fsp3) is 1.00. The van der Waals surface area contributed by atoms with Gasteiger partial charge in [-0.15, -0.1) is 11.6 Å². The molecule has 0 aromatic rings. The lowest BCUT2D eigenvalue weighted by molar-refractivity contribution is 0.0322. The van der Waals surface area contributed by atoms with E-state index >= 15 is 0 Å². The van der Waals surface area contributed by atoms with Crippen molar-refractivity contribution in [3.8, 4) is 0 Å². The first-order chi connectivity index (χ1) is 4.06. The quantitative estimate of drug-likeness (QED) is 0.612. The van der Waals surface area contributed by atoms with Crippen molar-refractivity contribution >= 4 is 11.6 Å². The van der Waals surface area contributed by atoms with E-state index in [-0.39, 0.29) is 5.38 Å². The Kier molecular flexibility index (Phi) is 3.52. The van der Waals surface area contributed by atoms with Gasteiger partial charge in [-0.05, 0) is 19.8 Å². The minimum atomic E-state index is -0.651. The van der Waals surface area contributed by atoms with Gasteiger partial charge in [0.1, 0.15) is 0 Å². The van der Waals surface area contributed by atoms with E-state index in [0.29, 0.717) is 0 Å². The Balaban J connectivity index is 3.92. The molecular formula is C7H15ClO. The molecule has 1 atom stereocenters. The zero-order chi connectivity index (χ0) is 7.49. The Hall–Kier alpha value is 0.250. The zero-order valence-corrected chi connectivity index (χ0v) is 7.07.